The van der Waals surface area contributed by atoms with E-state index in [0.717, 1.165) is 44.5 Å². The summed E-state index contributed by atoms with van der Waals surface area (Å²) in [6.45, 7) is 5.04. The van der Waals surface area contributed by atoms with E-state index in [1.54, 1.807) is 7.05 Å². The molecular weight excluding hydrogens is 250 g/mol. The van der Waals surface area contributed by atoms with E-state index in [9.17, 15) is 4.79 Å². The van der Waals surface area contributed by atoms with Crippen molar-refractivity contribution in [1.82, 2.24) is 15.2 Å². The maximum Gasteiger partial charge on any atom is 0.252 e. The third-order valence-electron chi connectivity index (χ3n) is 4.43. The van der Waals surface area contributed by atoms with Gasteiger partial charge in [-0.3, -0.25) is 4.79 Å². The van der Waals surface area contributed by atoms with Crippen molar-refractivity contribution in [2.45, 2.75) is 38.6 Å². The second-order valence-corrected chi connectivity index (χ2v) is 5.71. The number of nitrogens with zero attached hydrogens (tertiary/aromatic N) is 1. The van der Waals surface area contributed by atoms with Crippen molar-refractivity contribution in [3.05, 3.63) is 29.1 Å². The SMILES string of the molecule is CCC[C@@H]1CC=C2CNCCn3cc(C(=O)NC)c1c32. The molecule has 4 heteroatoms. The molecule has 2 aliphatic rings. The molecule has 0 aromatic carbocycles. The first-order valence-electron chi connectivity index (χ1n) is 7.61. The van der Waals surface area contributed by atoms with Crippen LogP contribution in [0.15, 0.2) is 12.3 Å². The first kappa shape index (κ1) is 13.4. The summed E-state index contributed by atoms with van der Waals surface area (Å²) in [5.41, 5.74) is 4.83. The molecule has 0 bridgehead atoms. The van der Waals surface area contributed by atoms with Gasteiger partial charge in [-0.2, -0.15) is 0 Å². The van der Waals surface area contributed by atoms with Crippen LogP contribution in [0.25, 0.3) is 5.57 Å². The molecule has 0 radical (unpaired) electrons. The molecule has 0 spiro atoms. The second kappa shape index (κ2) is 5.44. The highest BCUT2D eigenvalue weighted by Gasteiger charge is 2.31. The molecule has 1 atom stereocenters. The summed E-state index contributed by atoms with van der Waals surface area (Å²) < 4.78 is 2.27. The fraction of sp³-hybridized carbons (Fsp3) is 0.562. The predicted molar refractivity (Wildman–Crippen MR) is 80.9 cm³/mol. The smallest absolute Gasteiger partial charge is 0.252 e. The van der Waals surface area contributed by atoms with Crippen LogP contribution in [0.5, 0.6) is 0 Å². The van der Waals surface area contributed by atoms with E-state index in [4.69, 9.17) is 0 Å². The zero-order valence-corrected chi connectivity index (χ0v) is 12.3. The Morgan fingerprint density at radius 2 is 2.40 bits per heavy atom. The Kier molecular flexibility index (Phi) is 3.66. The lowest BCUT2D eigenvalue weighted by molar-refractivity contribution is 0.0961. The van der Waals surface area contributed by atoms with E-state index in [1.807, 2.05) is 0 Å². The first-order valence-corrected chi connectivity index (χ1v) is 7.61. The van der Waals surface area contributed by atoms with Gasteiger partial charge in [0.25, 0.3) is 5.91 Å². The van der Waals surface area contributed by atoms with E-state index < -0.39 is 0 Å². The van der Waals surface area contributed by atoms with Gasteiger partial charge in [0.15, 0.2) is 0 Å². The molecule has 108 valence electrons. The monoisotopic (exact) mass is 273 g/mol. The van der Waals surface area contributed by atoms with E-state index >= 15 is 0 Å². The second-order valence-electron chi connectivity index (χ2n) is 5.71. The number of allylic oxidation sites excluding steroid dienone is 1. The molecule has 1 aliphatic carbocycles. The van der Waals surface area contributed by atoms with Crippen molar-refractivity contribution in [2.24, 2.45) is 0 Å². The minimum Gasteiger partial charge on any atom is -0.355 e. The van der Waals surface area contributed by atoms with Gasteiger partial charge in [-0.1, -0.05) is 19.4 Å². The summed E-state index contributed by atoms with van der Waals surface area (Å²) in [6.07, 6.45) is 7.79. The molecule has 2 N–H and O–H groups in total. The third-order valence-corrected chi connectivity index (χ3v) is 4.43. The van der Waals surface area contributed by atoms with Crippen molar-refractivity contribution in [1.29, 1.82) is 0 Å². The van der Waals surface area contributed by atoms with Crippen molar-refractivity contribution in [2.75, 3.05) is 20.1 Å². The van der Waals surface area contributed by atoms with E-state index in [-0.39, 0.29) is 5.91 Å². The largest absolute Gasteiger partial charge is 0.355 e. The lowest BCUT2D eigenvalue weighted by Gasteiger charge is -2.24. The number of rotatable bonds is 3. The van der Waals surface area contributed by atoms with Crippen LogP contribution in [0.1, 0.15) is 53.7 Å². The Morgan fingerprint density at radius 3 is 3.15 bits per heavy atom. The molecule has 0 saturated carbocycles. The molecule has 0 saturated heterocycles. The van der Waals surface area contributed by atoms with Gasteiger partial charge in [-0.05, 0) is 29.9 Å². The van der Waals surface area contributed by atoms with Gasteiger partial charge in [0.05, 0.1) is 5.56 Å². The van der Waals surface area contributed by atoms with Crippen LogP contribution >= 0.6 is 0 Å². The summed E-state index contributed by atoms with van der Waals surface area (Å²) in [6, 6.07) is 0. The average molecular weight is 273 g/mol. The maximum atomic E-state index is 12.2. The Hall–Kier alpha value is -1.55. The Morgan fingerprint density at radius 1 is 1.55 bits per heavy atom. The van der Waals surface area contributed by atoms with Gasteiger partial charge in [-0.25, -0.2) is 0 Å². The molecule has 1 aromatic heterocycles. The summed E-state index contributed by atoms with van der Waals surface area (Å²) in [7, 11) is 1.72. The molecule has 4 nitrogen and oxygen atoms in total. The van der Waals surface area contributed by atoms with Gasteiger partial charge >= 0.3 is 0 Å². The minimum atomic E-state index is 0.0517. The summed E-state index contributed by atoms with van der Waals surface area (Å²) in [5, 5.41) is 6.26. The van der Waals surface area contributed by atoms with Crippen LogP contribution < -0.4 is 10.6 Å². The van der Waals surface area contributed by atoms with E-state index in [1.165, 1.54) is 16.8 Å². The van der Waals surface area contributed by atoms with Gasteiger partial charge in [0, 0.05) is 38.6 Å². The van der Waals surface area contributed by atoms with Crippen LogP contribution in [-0.2, 0) is 6.54 Å². The van der Waals surface area contributed by atoms with Gasteiger partial charge in [-0.15, -0.1) is 0 Å². The minimum absolute atomic E-state index is 0.0517. The highest BCUT2D eigenvalue weighted by molar-refractivity contribution is 5.97. The van der Waals surface area contributed by atoms with Crippen LogP contribution in [0.4, 0.5) is 0 Å². The number of carbonyl (C=O) groups is 1. The van der Waals surface area contributed by atoms with Gasteiger partial charge in [0.1, 0.15) is 0 Å². The summed E-state index contributed by atoms with van der Waals surface area (Å²) >= 11 is 0. The molecule has 1 aromatic rings. The molecule has 20 heavy (non-hydrogen) atoms. The van der Waals surface area contributed by atoms with E-state index in [2.05, 4.69) is 34.4 Å². The lowest BCUT2D eigenvalue weighted by Crippen LogP contribution is -2.22. The number of nitrogens with one attached hydrogen (secondary N) is 2. The highest BCUT2D eigenvalue weighted by Crippen LogP contribution is 2.40. The maximum absolute atomic E-state index is 12.2. The van der Waals surface area contributed by atoms with Gasteiger partial charge < -0.3 is 15.2 Å². The quantitative estimate of drug-likeness (QED) is 0.886. The van der Waals surface area contributed by atoms with E-state index in [0.29, 0.717) is 5.92 Å². The molecule has 3 rings (SSSR count). The first-order chi connectivity index (χ1) is 9.76. The van der Waals surface area contributed by atoms with Crippen LogP contribution in [0.3, 0.4) is 0 Å². The molecule has 1 amide bonds. The predicted octanol–water partition coefficient (Wildman–Crippen LogP) is 2.12. The number of hydrogen-bond donors (Lipinski definition) is 2. The van der Waals surface area contributed by atoms with Crippen molar-refractivity contribution in [3.8, 4) is 0 Å². The summed E-state index contributed by atoms with van der Waals surface area (Å²) in [5.74, 6) is 0.543. The van der Waals surface area contributed by atoms with Crippen molar-refractivity contribution < 1.29 is 4.79 Å². The fourth-order valence-electron chi connectivity index (χ4n) is 3.52. The Bertz CT molecular complexity index is 556. The standard InChI is InChI=1S/C16H23N3O/c1-3-4-11-5-6-12-9-18-7-8-19-10-13(16(20)17-2)14(11)15(12)19/h6,10-11,18H,3-5,7-9H2,1-2H3,(H,17,20)/t11-/m1/s1. The van der Waals surface area contributed by atoms with Crippen molar-refractivity contribution in [3.63, 3.8) is 0 Å². The van der Waals surface area contributed by atoms with Crippen LogP contribution in [0.2, 0.25) is 0 Å². The Balaban J connectivity index is 2.15. The zero-order valence-electron chi connectivity index (χ0n) is 12.3. The van der Waals surface area contributed by atoms with Crippen LogP contribution in [-0.4, -0.2) is 30.6 Å². The molecule has 1 aliphatic heterocycles. The molecule has 0 fully saturated rings. The highest BCUT2D eigenvalue weighted by atomic mass is 16.1. The van der Waals surface area contributed by atoms with Gasteiger partial charge in [0.2, 0.25) is 0 Å². The zero-order chi connectivity index (χ0) is 14.1. The third kappa shape index (κ3) is 2.08. The molecule has 2 heterocycles. The molecule has 0 unspecified atom stereocenters. The fourth-order valence-corrected chi connectivity index (χ4v) is 3.52. The lowest BCUT2D eigenvalue weighted by atomic mass is 9.82. The topological polar surface area (TPSA) is 46.1 Å². The normalized spacial score (nSPS) is 20.9. The van der Waals surface area contributed by atoms with Crippen LogP contribution in [0, 0.1) is 0 Å². The summed E-state index contributed by atoms with van der Waals surface area (Å²) in [4.78, 5) is 12.2. The number of amides is 1. The number of carbonyl (C=O) groups excluding carboxylic acids is 1. The number of aromatic nitrogens is 1. The number of hydrogen-bond acceptors (Lipinski definition) is 2. The average Bonchev–Trinajstić information content (AvgIpc) is 2.73. The van der Waals surface area contributed by atoms with Crippen molar-refractivity contribution >= 4 is 11.5 Å². The Labute approximate surface area is 120 Å². The molecular formula is C16H23N3O.